The van der Waals surface area contributed by atoms with Gasteiger partial charge in [-0.15, -0.1) is 0 Å². The van der Waals surface area contributed by atoms with Crippen molar-refractivity contribution in [2.24, 2.45) is 0 Å². The molecule has 0 bridgehead atoms. The van der Waals surface area contributed by atoms with Crippen LogP contribution >= 0.6 is 0 Å². The first-order valence-electron chi connectivity index (χ1n) is 5.19. The summed E-state index contributed by atoms with van der Waals surface area (Å²) in [5.41, 5.74) is -2.49. The lowest BCUT2D eigenvalue weighted by Crippen LogP contribution is -2.12. The van der Waals surface area contributed by atoms with Crippen LogP contribution in [0.1, 0.15) is 5.56 Å². The van der Waals surface area contributed by atoms with Crippen LogP contribution in [-0.2, 0) is 11.2 Å². The normalized spacial score (nSPS) is 10.6. The molecule has 0 spiro atoms. The number of phenols is 2. The van der Waals surface area contributed by atoms with Gasteiger partial charge in [-0.3, -0.25) is 14.9 Å². The highest BCUT2D eigenvalue weighted by Gasteiger charge is 2.25. The summed E-state index contributed by atoms with van der Waals surface area (Å²) in [6.45, 7) is 0. The largest absolute Gasteiger partial charge is 0.504 e. The summed E-state index contributed by atoms with van der Waals surface area (Å²) in [4.78, 5) is 32.0. The number of aliphatic carboxylic acids is 1. The third-order valence-electron chi connectivity index (χ3n) is 2.56. The lowest BCUT2D eigenvalue weighted by atomic mass is 10.1. The number of rotatable bonds is 3. The fourth-order valence-corrected chi connectivity index (χ4v) is 1.73. The number of nitrogens with zero attached hydrogens (tertiary/aromatic N) is 1. The SMILES string of the molecule is O=C(O)Cc1cc2c([N+](=O)[O-])c(O)c(O)cc2oc1=O. The predicted molar refractivity (Wildman–Crippen MR) is 63.8 cm³/mol. The lowest BCUT2D eigenvalue weighted by Gasteiger charge is -2.04. The Labute approximate surface area is 109 Å². The maximum Gasteiger partial charge on any atom is 0.340 e. The zero-order valence-corrected chi connectivity index (χ0v) is 9.69. The Hall–Kier alpha value is -3.10. The summed E-state index contributed by atoms with van der Waals surface area (Å²) < 4.78 is 4.73. The van der Waals surface area contributed by atoms with Crippen molar-refractivity contribution < 1.29 is 29.5 Å². The molecule has 1 aromatic carbocycles. The first-order chi connectivity index (χ1) is 9.31. The average Bonchev–Trinajstić information content (AvgIpc) is 2.32. The first kappa shape index (κ1) is 13.3. The summed E-state index contributed by atoms with van der Waals surface area (Å²) in [6.07, 6.45) is -0.683. The number of fused-ring (bicyclic) bond motifs is 1. The molecule has 1 aromatic heterocycles. The van der Waals surface area contributed by atoms with E-state index in [4.69, 9.17) is 9.52 Å². The van der Waals surface area contributed by atoms with E-state index in [0.717, 1.165) is 12.1 Å². The number of carboxylic acid groups (broad SMARTS) is 1. The summed E-state index contributed by atoms with van der Waals surface area (Å²) in [6, 6.07) is 1.79. The van der Waals surface area contributed by atoms with Crippen LogP contribution in [0.25, 0.3) is 11.0 Å². The number of hydrogen-bond donors (Lipinski definition) is 3. The second-order valence-electron chi connectivity index (χ2n) is 3.89. The molecule has 3 N–H and O–H groups in total. The van der Waals surface area contributed by atoms with E-state index in [-0.39, 0.29) is 16.5 Å². The minimum absolute atomic E-state index is 0.277. The van der Waals surface area contributed by atoms with Crippen LogP contribution in [0.15, 0.2) is 21.3 Å². The molecule has 9 nitrogen and oxygen atoms in total. The summed E-state index contributed by atoms with van der Waals surface area (Å²) in [7, 11) is 0. The average molecular weight is 281 g/mol. The Bertz CT molecular complexity index is 791. The van der Waals surface area contributed by atoms with Crippen molar-refractivity contribution in [2.45, 2.75) is 6.42 Å². The maximum atomic E-state index is 11.5. The van der Waals surface area contributed by atoms with E-state index in [1.165, 1.54) is 0 Å². The van der Waals surface area contributed by atoms with Gasteiger partial charge in [-0.1, -0.05) is 0 Å². The van der Waals surface area contributed by atoms with Crippen LogP contribution in [0.2, 0.25) is 0 Å². The molecule has 20 heavy (non-hydrogen) atoms. The Morgan fingerprint density at radius 2 is 2.00 bits per heavy atom. The van der Waals surface area contributed by atoms with Crippen LogP contribution < -0.4 is 5.63 Å². The van der Waals surface area contributed by atoms with Gasteiger partial charge < -0.3 is 19.7 Å². The van der Waals surface area contributed by atoms with E-state index in [2.05, 4.69) is 0 Å². The fraction of sp³-hybridized carbons (Fsp3) is 0.0909. The van der Waals surface area contributed by atoms with Crippen molar-refractivity contribution >= 4 is 22.6 Å². The number of carbonyl (C=O) groups is 1. The van der Waals surface area contributed by atoms with Crippen molar-refractivity contribution in [3.63, 3.8) is 0 Å². The molecule has 104 valence electrons. The summed E-state index contributed by atoms with van der Waals surface area (Å²) in [5, 5.41) is 38.1. The highest BCUT2D eigenvalue weighted by molar-refractivity contribution is 5.92. The van der Waals surface area contributed by atoms with Crippen LogP contribution in [0.3, 0.4) is 0 Å². The van der Waals surface area contributed by atoms with Gasteiger partial charge in [0.15, 0.2) is 5.75 Å². The highest BCUT2D eigenvalue weighted by atomic mass is 16.6. The van der Waals surface area contributed by atoms with Crippen LogP contribution in [0.4, 0.5) is 5.69 Å². The summed E-state index contributed by atoms with van der Waals surface area (Å²) >= 11 is 0. The summed E-state index contributed by atoms with van der Waals surface area (Å²) in [5.74, 6) is -3.13. The van der Waals surface area contributed by atoms with E-state index in [1.54, 1.807) is 0 Å². The van der Waals surface area contributed by atoms with E-state index < -0.39 is 40.1 Å². The molecule has 0 unspecified atom stereocenters. The number of nitro groups is 1. The monoisotopic (exact) mass is 281 g/mol. The van der Waals surface area contributed by atoms with Crippen molar-refractivity contribution in [3.8, 4) is 11.5 Å². The van der Waals surface area contributed by atoms with Crippen molar-refractivity contribution in [3.05, 3.63) is 38.2 Å². The van der Waals surface area contributed by atoms with Gasteiger partial charge in [0, 0.05) is 11.6 Å². The second kappa shape index (κ2) is 4.53. The molecule has 0 aliphatic carbocycles. The molecular formula is C11H7NO8. The third-order valence-corrected chi connectivity index (χ3v) is 2.56. The molecule has 0 amide bonds. The fourth-order valence-electron chi connectivity index (χ4n) is 1.73. The molecule has 0 atom stereocenters. The zero-order chi connectivity index (χ0) is 15.0. The van der Waals surface area contributed by atoms with Crippen molar-refractivity contribution in [1.82, 2.24) is 0 Å². The van der Waals surface area contributed by atoms with E-state index in [1.807, 2.05) is 0 Å². The molecule has 2 rings (SSSR count). The first-order valence-corrected chi connectivity index (χ1v) is 5.19. The minimum atomic E-state index is -1.32. The Morgan fingerprint density at radius 1 is 1.35 bits per heavy atom. The number of aromatic hydroxyl groups is 2. The molecule has 0 aliphatic heterocycles. The second-order valence-corrected chi connectivity index (χ2v) is 3.89. The minimum Gasteiger partial charge on any atom is -0.504 e. The third kappa shape index (κ3) is 2.11. The molecule has 0 aliphatic rings. The van der Waals surface area contributed by atoms with E-state index >= 15 is 0 Å². The number of benzene rings is 1. The van der Waals surface area contributed by atoms with Gasteiger partial charge in [0.25, 0.3) is 0 Å². The van der Waals surface area contributed by atoms with Gasteiger partial charge in [0.2, 0.25) is 5.75 Å². The Morgan fingerprint density at radius 3 is 2.55 bits per heavy atom. The number of nitro benzene ring substituents is 1. The van der Waals surface area contributed by atoms with Gasteiger partial charge in [0.1, 0.15) is 5.58 Å². The van der Waals surface area contributed by atoms with Gasteiger partial charge in [0.05, 0.1) is 16.7 Å². The van der Waals surface area contributed by atoms with Gasteiger partial charge in [-0.05, 0) is 6.07 Å². The Kier molecular flexibility index (Phi) is 3.02. The van der Waals surface area contributed by atoms with E-state index in [9.17, 15) is 29.9 Å². The number of hydrogen-bond acceptors (Lipinski definition) is 7. The highest BCUT2D eigenvalue weighted by Crippen LogP contribution is 2.41. The number of carboxylic acids is 1. The van der Waals surface area contributed by atoms with Crippen molar-refractivity contribution in [1.29, 1.82) is 0 Å². The smallest absolute Gasteiger partial charge is 0.340 e. The van der Waals surface area contributed by atoms with Gasteiger partial charge >= 0.3 is 17.3 Å². The van der Waals surface area contributed by atoms with Crippen LogP contribution in [-0.4, -0.2) is 26.2 Å². The lowest BCUT2D eigenvalue weighted by molar-refractivity contribution is -0.384. The zero-order valence-electron chi connectivity index (χ0n) is 9.69. The molecule has 0 saturated heterocycles. The Balaban J connectivity index is 2.87. The number of phenolic OH excluding ortho intramolecular Hbond substituents is 2. The molecule has 1 heterocycles. The van der Waals surface area contributed by atoms with Crippen LogP contribution in [0, 0.1) is 10.1 Å². The molecule has 0 radical (unpaired) electrons. The quantitative estimate of drug-likeness (QED) is 0.322. The predicted octanol–water partition coefficient (Wildman–Crippen LogP) is 0.739. The maximum absolute atomic E-state index is 11.5. The standard InChI is InChI=1S/C11H7NO8/c13-6-3-7-5(9(10(6)16)12(18)19)1-4(2-8(14)15)11(17)20-7/h1,3,13,16H,2H2,(H,14,15). The van der Waals surface area contributed by atoms with Crippen LogP contribution in [0.5, 0.6) is 11.5 Å². The van der Waals surface area contributed by atoms with Gasteiger partial charge in [-0.25, -0.2) is 4.79 Å². The van der Waals surface area contributed by atoms with Gasteiger partial charge in [-0.2, -0.15) is 0 Å². The van der Waals surface area contributed by atoms with E-state index in [0.29, 0.717) is 0 Å². The molecule has 0 saturated carbocycles. The molecule has 2 aromatic rings. The molecule has 9 heteroatoms. The molecular weight excluding hydrogens is 274 g/mol. The topological polar surface area (TPSA) is 151 Å². The van der Waals surface area contributed by atoms with Crippen molar-refractivity contribution in [2.75, 3.05) is 0 Å². The molecule has 0 fully saturated rings.